The van der Waals surface area contributed by atoms with Gasteiger partial charge in [-0.3, -0.25) is 4.90 Å². The van der Waals surface area contributed by atoms with Gasteiger partial charge in [-0.25, -0.2) is 4.39 Å². The van der Waals surface area contributed by atoms with E-state index < -0.39 is 0 Å². The summed E-state index contributed by atoms with van der Waals surface area (Å²) in [7, 11) is 2.07. The topological polar surface area (TPSA) is 29.0 Å². The highest BCUT2D eigenvalue weighted by Crippen LogP contribution is 2.33. The van der Waals surface area contributed by atoms with E-state index in [0.717, 1.165) is 41.0 Å². The lowest BCUT2D eigenvalue weighted by molar-refractivity contribution is 0.366. The van der Waals surface area contributed by atoms with Crippen molar-refractivity contribution in [1.82, 2.24) is 15.1 Å². The molecule has 0 bridgehead atoms. The van der Waals surface area contributed by atoms with Crippen molar-refractivity contribution in [1.29, 1.82) is 0 Å². The maximum Gasteiger partial charge on any atom is 0.131 e. The van der Waals surface area contributed by atoms with Crippen LogP contribution in [0.5, 0.6) is 0 Å². The molecule has 1 aromatic heterocycles. The molecule has 0 saturated carbocycles. The normalized spacial score (nSPS) is 14.6. The fourth-order valence-corrected chi connectivity index (χ4v) is 3.25. The van der Waals surface area contributed by atoms with Gasteiger partial charge in [-0.15, -0.1) is 0 Å². The number of fused-ring (bicyclic) bond motifs is 1. The van der Waals surface area contributed by atoms with Crippen molar-refractivity contribution in [2.45, 2.75) is 6.54 Å². The zero-order valence-electron chi connectivity index (χ0n) is 14.0. The van der Waals surface area contributed by atoms with Gasteiger partial charge in [-0.2, -0.15) is 10.2 Å². The van der Waals surface area contributed by atoms with Crippen LogP contribution in [-0.4, -0.2) is 28.7 Å². The molecule has 2 heterocycles. The summed E-state index contributed by atoms with van der Waals surface area (Å²) in [6.45, 7) is 1.58. The van der Waals surface area contributed by atoms with Crippen molar-refractivity contribution in [3.05, 3.63) is 89.4 Å². The molecule has 124 valence electrons. The van der Waals surface area contributed by atoms with E-state index >= 15 is 0 Å². The first-order valence-electron chi connectivity index (χ1n) is 8.27. The summed E-state index contributed by atoms with van der Waals surface area (Å²) in [5, 5.41) is 8.15. The molecule has 0 fully saturated rings. The molecule has 3 aromatic rings. The van der Waals surface area contributed by atoms with Crippen molar-refractivity contribution >= 4 is 5.57 Å². The molecule has 1 aliphatic rings. The summed E-state index contributed by atoms with van der Waals surface area (Å²) >= 11 is 0. The molecular weight excluding hydrogens is 313 g/mol. The first kappa shape index (κ1) is 15.7. The average molecular weight is 331 g/mol. The molecule has 0 N–H and O–H groups in total. The molecule has 3 nitrogen and oxygen atoms in total. The standard InChI is InChI=1S/C21H18FN3/c1-25-12-10-18(19-5-2-3-6-20(19)22)17-9-8-15(13-16(17)14-25)21-7-4-11-23-24-21/h2-11,13H,12,14H2,1H3. The molecule has 4 rings (SSSR count). The number of rotatable bonds is 2. The molecule has 0 saturated heterocycles. The van der Waals surface area contributed by atoms with Crippen LogP contribution in [0.3, 0.4) is 0 Å². The van der Waals surface area contributed by atoms with Crippen LogP contribution in [0.2, 0.25) is 0 Å². The highest BCUT2D eigenvalue weighted by molar-refractivity contribution is 5.83. The Balaban J connectivity index is 1.85. The number of benzene rings is 2. The van der Waals surface area contributed by atoms with Crippen LogP contribution in [0.15, 0.2) is 66.9 Å². The molecule has 0 atom stereocenters. The summed E-state index contributed by atoms with van der Waals surface area (Å²) in [5.74, 6) is -0.192. The maximum atomic E-state index is 14.4. The number of likely N-dealkylation sites (N-methyl/N-ethyl adjacent to an activating group) is 1. The van der Waals surface area contributed by atoms with Gasteiger partial charge in [0.25, 0.3) is 0 Å². The van der Waals surface area contributed by atoms with E-state index in [1.165, 1.54) is 6.07 Å². The van der Waals surface area contributed by atoms with Gasteiger partial charge in [0.2, 0.25) is 0 Å². The second-order valence-corrected chi connectivity index (χ2v) is 6.28. The number of halogens is 1. The summed E-state index contributed by atoms with van der Waals surface area (Å²) in [6.07, 6.45) is 3.77. The molecule has 0 spiro atoms. The van der Waals surface area contributed by atoms with E-state index in [1.807, 2.05) is 30.3 Å². The SMILES string of the molecule is CN1CC=C(c2ccccc2F)c2ccc(-c3cccnn3)cc2C1. The number of hydrogen-bond donors (Lipinski definition) is 0. The lowest BCUT2D eigenvalue weighted by Gasteiger charge is -2.15. The zero-order valence-corrected chi connectivity index (χ0v) is 14.0. The quantitative estimate of drug-likeness (QED) is 0.706. The Morgan fingerprint density at radius 3 is 2.68 bits per heavy atom. The predicted octanol–water partition coefficient (Wildman–Crippen LogP) is 4.16. The molecule has 1 aliphatic heterocycles. The lowest BCUT2D eigenvalue weighted by Crippen LogP contribution is -2.16. The van der Waals surface area contributed by atoms with Crippen LogP contribution in [-0.2, 0) is 6.54 Å². The fourth-order valence-electron chi connectivity index (χ4n) is 3.25. The number of aromatic nitrogens is 2. The Morgan fingerprint density at radius 1 is 1.00 bits per heavy atom. The van der Waals surface area contributed by atoms with Crippen molar-refractivity contribution in [2.24, 2.45) is 0 Å². The molecule has 0 aliphatic carbocycles. The Hall–Kier alpha value is -2.85. The minimum atomic E-state index is -0.192. The smallest absolute Gasteiger partial charge is 0.131 e. The Bertz CT molecular complexity index is 935. The summed E-state index contributed by atoms with van der Waals surface area (Å²) < 4.78 is 14.4. The largest absolute Gasteiger partial charge is 0.298 e. The second-order valence-electron chi connectivity index (χ2n) is 6.28. The van der Waals surface area contributed by atoms with Crippen LogP contribution in [0.4, 0.5) is 4.39 Å². The molecule has 0 unspecified atom stereocenters. The first-order valence-corrected chi connectivity index (χ1v) is 8.27. The minimum absolute atomic E-state index is 0.192. The molecule has 0 amide bonds. The number of nitrogens with zero attached hydrogens (tertiary/aromatic N) is 3. The molecular formula is C21H18FN3. The Kier molecular flexibility index (Phi) is 4.12. The highest BCUT2D eigenvalue weighted by atomic mass is 19.1. The molecule has 4 heteroatoms. The van der Waals surface area contributed by atoms with E-state index in [9.17, 15) is 4.39 Å². The molecule has 0 radical (unpaired) electrons. The monoisotopic (exact) mass is 331 g/mol. The van der Waals surface area contributed by atoms with Gasteiger partial charge >= 0.3 is 0 Å². The average Bonchev–Trinajstić information content (AvgIpc) is 2.80. The van der Waals surface area contributed by atoms with Crippen molar-refractivity contribution in [2.75, 3.05) is 13.6 Å². The minimum Gasteiger partial charge on any atom is -0.298 e. The van der Waals surface area contributed by atoms with E-state index in [4.69, 9.17) is 0 Å². The van der Waals surface area contributed by atoms with Crippen LogP contribution >= 0.6 is 0 Å². The van der Waals surface area contributed by atoms with Crippen LogP contribution < -0.4 is 0 Å². The molecule has 2 aromatic carbocycles. The van der Waals surface area contributed by atoms with E-state index in [0.29, 0.717) is 5.56 Å². The first-order chi connectivity index (χ1) is 12.2. The second kappa shape index (κ2) is 6.57. The van der Waals surface area contributed by atoms with Crippen LogP contribution in [0, 0.1) is 5.82 Å². The van der Waals surface area contributed by atoms with Crippen LogP contribution in [0.25, 0.3) is 16.8 Å². The maximum absolute atomic E-state index is 14.4. The third-order valence-corrected chi connectivity index (χ3v) is 4.47. The van der Waals surface area contributed by atoms with E-state index in [-0.39, 0.29) is 5.82 Å². The summed E-state index contributed by atoms with van der Waals surface area (Å²) in [4.78, 5) is 2.22. The van der Waals surface area contributed by atoms with Crippen molar-refractivity contribution in [3.8, 4) is 11.3 Å². The van der Waals surface area contributed by atoms with Gasteiger partial charge in [0.15, 0.2) is 0 Å². The van der Waals surface area contributed by atoms with Gasteiger partial charge in [0, 0.05) is 30.4 Å². The zero-order chi connectivity index (χ0) is 17.2. The Morgan fingerprint density at radius 2 is 1.88 bits per heavy atom. The van der Waals surface area contributed by atoms with Gasteiger partial charge < -0.3 is 0 Å². The van der Waals surface area contributed by atoms with Gasteiger partial charge in [-0.1, -0.05) is 36.4 Å². The highest BCUT2D eigenvalue weighted by Gasteiger charge is 2.18. The molecule has 25 heavy (non-hydrogen) atoms. The van der Waals surface area contributed by atoms with Gasteiger partial charge in [0.1, 0.15) is 5.82 Å². The third-order valence-electron chi connectivity index (χ3n) is 4.47. The number of hydrogen-bond acceptors (Lipinski definition) is 3. The van der Waals surface area contributed by atoms with Gasteiger partial charge in [0.05, 0.1) is 5.69 Å². The van der Waals surface area contributed by atoms with Gasteiger partial charge in [-0.05, 0) is 48.0 Å². The summed E-state index contributed by atoms with van der Waals surface area (Å²) in [5.41, 5.74) is 5.69. The predicted molar refractivity (Wildman–Crippen MR) is 97.3 cm³/mol. The third kappa shape index (κ3) is 3.08. The lowest BCUT2D eigenvalue weighted by atomic mass is 9.92. The van der Waals surface area contributed by atoms with Crippen LogP contribution in [0.1, 0.15) is 16.7 Å². The Labute approximate surface area is 146 Å². The van der Waals surface area contributed by atoms with E-state index in [2.05, 4.69) is 40.4 Å². The summed E-state index contributed by atoms with van der Waals surface area (Å²) in [6, 6.07) is 17.0. The van der Waals surface area contributed by atoms with Crippen molar-refractivity contribution in [3.63, 3.8) is 0 Å². The van der Waals surface area contributed by atoms with E-state index in [1.54, 1.807) is 12.3 Å². The van der Waals surface area contributed by atoms with Crippen molar-refractivity contribution < 1.29 is 4.39 Å². The fraction of sp³-hybridized carbons (Fsp3) is 0.143.